The molecule has 3 aromatic rings. The highest BCUT2D eigenvalue weighted by molar-refractivity contribution is 9.10. The molecule has 1 aliphatic heterocycles. The number of benzene rings is 2. The van der Waals surface area contributed by atoms with Crippen LogP contribution in [0.2, 0.25) is 0 Å². The Morgan fingerprint density at radius 1 is 1.00 bits per heavy atom. The average Bonchev–Trinajstić information content (AvgIpc) is 3.15. The SMILES string of the molecule is C=C[C@H](C)Nc1nc2c(c(=O)n1-c1ccc(C(=O)N(C)C(=O)O[C@@H](C)OC(=O)[C@@H](NC(=O)OC(C)(C)C)C(C)C)cc1)C[C@@H](C)N(C(=O)c1ccc(Br)c(C(F)(F)F)c1)C2. The Morgan fingerprint density at radius 2 is 1.62 bits per heavy atom. The van der Waals surface area contributed by atoms with Crippen LogP contribution in [0, 0.1) is 5.92 Å². The second kappa shape index (κ2) is 18.7. The van der Waals surface area contributed by atoms with Crippen molar-refractivity contribution in [2.75, 3.05) is 12.4 Å². The number of imide groups is 1. The standard InChI is InChI=1S/C41H48BrF3N6O9/c1-11-22(4)46-37-47-31-20-50(34(53)26-14-17-30(42)29(19-26)41(43,44)45)23(5)18-28(31)35(54)51(37)27-15-12-25(13-16-27)33(52)49(10)39(57)59-24(6)58-36(55)32(21(2)3)48-38(56)60-40(7,8)9/h11-17,19,21-24,32H,1,18,20H2,2-10H3,(H,46,47)(H,48,56)/t22-,23+,24-,32-/m0/s1. The maximum absolute atomic E-state index is 14.2. The number of ether oxygens (including phenoxy) is 3. The third-order valence-electron chi connectivity index (χ3n) is 9.20. The summed E-state index contributed by atoms with van der Waals surface area (Å²) in [6.07, 6.45) is -6.52. The molecule has 0 radical (unpaired) electrons. The number of esters is 1. The van der Waals surface area contributed by atoms with E-state index in [1.54, 1.807) is 54.5 Å². The second-order valence-electron chi connectivity index (χ2n) is 15.5. The summed E-state index contributed by atoms with van der Waals surface area (Å²) in [5, 5.41) is 5.55. The molecule has 4 amide bonds. The number of aromatic nitrogens is 2. The zero-order valence-electron chi connectivity index (χ0n) is 34.6. The smallest absolute Gasteiger partial charge is 0.419 e. The van der Waals surface area contributed by atoms with E-state index in [1.807, 2.05) is 0 Å². The molecule has 4 rings (SSSR count). The molecule has 1 aromatic heterocycles. The number of nitrogens with one attached hydrogen (secondary N) is 2. The van der Waals surface area contributed by atoms with Crippen LogP contribution in [0.25, 0.3) is 5.69 Å². The second-order valence-corrected chi connectivity index (χ2v) is 16.4. The van der Waals surface area contributed by atoms with Crippen LogP contribution in [0.3, 0.4) is 0 Å². The van der Waals surface area contributed by atoms with E-state index >= 15 is 0 Å². The van der Waals surface area contributed by atoms with E-state index in [9.17, 15) is 41.9 Å². The van der Waals surface area contributed by atoms with Gasteiger partial charge in [-0.3, -0.25) is 14.4 Å². The van der Waals surface area contributed by atoms with E-state index in [0.29, 0.717) is 4.90 Å². The van der Waals surface area contributed by atoms with Gasteiger partial charge in [0.15, 0.2) is 0 Å². The minimum Gasteiger partial charge on any atom is -0.444 e. The first-order valence-electron chi connectivity index (χ1n) is 18.8. The molecule has 19 heteroatoms. The quantitative estimate of drug-likeness (QED) is 0.113. The Hall–Kier alpha value is -5.72. The first kappa shape index (κ1) is 47.0. The summed E-state index contributed by atoms with van der Waals surface area (Å²) < 4.78 is 57.6. The number of nitrogens with zero attached hydrogens (tertiary/aromatic N) is 4. The lowest BCUT2D eigenvalue weighted by atomic mass is 9.98. The summed E-state index contributed by atoms with van der Waals surface area (Å²) in [4.78, 5) is 85.9. The summed E-state index contributed by atoms with van der Waals surface area (Å²) in [6, 6.07) is 6.80. The lowest BCUT2D eigenvalue weighted by Gasteiger charge is -2.35. The molecular formula is C41H48BrF3N6O9. The number of alkyl carbamates (subject to hydrolysis) is 1. The number of anilines is 1. The van der Waals surface area contributed by atoms with Gasteiger partial charge in [0, 0.05) is 47.2 Å². The molecule has 0 saturated carbocycles. The van der Waals surface area contributed by atoms with Gasteiger partial charge in [-0.05, 0) is 89.4 Å². The normalized spacial score (nSPS) is 15.5. The van der Waals surface area contributed by atoms with Gasteiger partial charge in [-0.2, -0.15) is 13.2 Å². The summed E-state index contributed by atoms with van der Waals surface area (Å²) in [7, 11) is 1.16. The Kier molecular flexibility index (Phi) is 14.6. The number of carbonyl (C=O) groups is 5. The lowest BCUT2D eigenvalue weighted by molar-refractivity contribution is -0.169. The van der Waals surface area contributed by atoms with Gasteiger partial charge in [-0.15, -0.1) is 6.58 Å². The highest BCUT2D eigenvalue weighted by atomic mass is 79.9. The van der Waals surface area contributed by atoms with Gasteiger partial charge in [-0.25, -0.2) is 28.8 Å². The Labute approximate surface area is 353 Å². The van der Waals surface area contributed by atoms with E-state index in [2.05, 4.69) is 33.1 Å². The van der Waals surface area contributed by atoms with Gasteiger partial charge in [0.2, 0.25) is 12.2 Å². The molecule has 324 valence electrons. The number of hydrogen-bond acceptors (Lipinski definition) is 11. The van der Waals surface area contributed by atoms with E-state index in [1.165, 1.54) is 46.7 Å². The average molecular weight is 906 g/mol. The molecule has 0 aliphatic carbocycles. The van der Waals surface area contributed by atoms with Crippen molar-refractivity contribution in [1.82, 2.24) is 24.7 Å². The number of hydrogen-bond donors (Lipinski definition) is 2. The molecule has 0 unspecified atom stereocenters. The van der Waals surface area contributed by atoms with Crippen molar-refractivity contribution in [3.05, 3.63) is 97.9 Å². The Balaban J connectivity index is 1.53. The highest BCUT2D eigenvalue weighted by Gasteiger charge is 2.37. The first-order chi connectivity index (χ1) is 27.8. The molecule has 0 bridgehead atoms. The van der Waals surface area contributed by atoms with Gasteiger partial charge in [0.05, 0.1) is 23.5 Å². The van der Waals surface area contributed by atoms with Gasteiger partial charge < -0.3 is 29.7 Å². The van der Waals surface area contributed by atoms with Crippen LogP contribution in [-0.4, -0.2) is 86.4 Å². The number of carbonyl (C=O) groups excluding carboxylic acids is 5. The maximum atomic E-state index is 14.2. The lowest BCUT2D eigenvalue weighted by Crippen LogP contribution is -2.48. The Morgan fingerprint density at radius 3 is 2.18 bits per heavy atom. The van der Waals surface area contributed by atoms with Gasteiger partial charge >= 0.3 is 24.3 Å². The van der Waals surface area contributed by atoms with Crippen molar-refractivity contribution in [3.8, 4) is 5.69 Å². The molecule has 15 nitrogen and oxygen atoms in total. The summed E-state index contributed by atoms with van der Waals surface area (Å²) >= 11 is 2.90. The highest BCUT2D eigenvalue weighted by Crippen LogP contribution is 2.36. The molecule has 60 heavy (non-hydrogen) atoms. The summed E-state index contributed by atoms with van der Waals surface area (Å²) in [6.45, 7) is 16.6. The number of alkyl halides is 3. The number of rotatable bonds is 11. The third-order valence-corrected chi connectivity index (χ3v) is 9.89. The van der Waals surface area contributed by atoms with Crippen LogP contribution < -0.4 is 16.2 Å². The molecule has 1 aliphatic rings. The zero-order chi connectivity index (χ0) is 45.0. The molecule has 4 atom stereocenters. The fraction of sp³-hybridized carbons (Fsp3) is 0.439. The molecule has 0 saturated heterocycles. The van der Waals surface area contributed by atoms with Crippen molar-refractivity contribution < 1.29 is 51.4 Å². The van der Waals surface area contributed by atoms with E-state index < -0.39 is 83.2 Å². The van der Waals surface area contributed by atoms with E-state index in [-0.39, 0.29) is 51.5 Å². The minimum absolute atomic E-state index is 0.0293. The largest absolute Gasteiger partial charge is 0.444 e. The van der Waals surface area contributed by atoms with Gasteiger partial charge in [-0.1, -0.05) is 35.9 Å². The van der Waals surface area contributed by atoms with Crippen molar-refractivity contribution in [1.29, 1.82) is 0 Å². The maximum Gasteiger partial charge on any atom is 0.419 e. The first-order valence-corrected chi connectivity index (χ1v) is 19.6. The number of halogens is 4. The van der Waals surface area contributed by atoms with Crippen molar-refractivity contribution in [3.63, 3.8) is 0 Å². The van der Waals surface area contributed by atoms with Crippen LogP contribution >= 0.6 is 15.9 Å². The fourth-order valence-corrected chi connectivity index (χ4v) is 6.49. The van der Waals surface area contributed by atoms with Crippen molar-refractivity contribution >= 4 is 51.8 Å². The van der Waals surface area contributed by atoms with Gasteiger partial charge in [0.1, 0.15) is 11.6 Å². The molecule has 2 aromatic carbocycles. The van der Waals surface area contributed by atoms with Crippen LogP contribution in [0.1, 0.15) is 92.9 Å². The number of fused-ring (bicyclic) bond motifs is 1. The van der Waals surface area contributed by atoms with E-state index in [4.69, 9.17) is 19.2 Å². The minimum atomic E-state index is -4.70. The molecule has 0 spiro atoms. The molecule has 2 heterocycles. The fourth-order valence-electron chi connectivity index (χ4n) is 6.01. The predicted octanol–water partition coefficient (Wildman–Crippen LogP) is 7.23. The van der Waals surface area contributed by atoms with Crippen molar-refractivity contribution in [2.45, 2.75) is 105 Å². The zero-order valence-corrected chi connectivity index (χ0v) is 36.2. The van der Waals surface area contributed by atoms with Crippen LogP contribution in [0.15, 0.2) is 64.4 Å². The van der Waals surface area contributed by atoms with Crippen LogP contribution in [0.4, 0.5) is 28.7 Å². The Bertz CT molecular complexity index is 2210. The molecule has 2 N–H and O–H groups in total. The third kappa shape index (κ3) is 11.3. The molecule has 0 fully saturated rings. The van der Waals surface area contributed by atoms with Gasteiger partial charge in [0.25, 0.3) is 17.4 Å². The summed E-state index contributed by atoms with van der Waals surface area (Å²) in [5.41, 5.74) is -1.62. The topological polar surface area (TPSA) is 178 Å². The van der Waals surface area contributed by atoms with Crippen molar-refractivity contribution in [2.24, 2.45) is 5.92 Å². The monoisotopic (exact) mass is 904 g/mol. The van der Waals surface area contributed by atoms with Crippen LogP contribution in [-0.2, 0) is 38.1 Å². The molecular weight excluding hydrogens is 857 g/mol. The van der Waals surface area contributed by atoms with Crippen LogP contribution in [0.5, 0.6) is 0 Å². The summed E-state index contributed by atoms with van der Waals surface area (Å²) in [5.74, 6) is -2.70. The predicted molar refractivity (Wildman–Crippen MR) is 217 cm³/mol. The van der Waals surface area contributed by atoms with E-state index in [0.717, 1.165) is 19.2 Å². The number of amides is 4.